The van der Waals surface area contributed by atoms with Crippen LogP contribution in [-0.2, 0) is 39.3 Å². The quantitative estimate of drug-likeness (QED) is 0.227. The Morgan fingerprint density at radius 3 is 2.33 bits per heavy atom. The number of benzene rings is 1. The molecule has 49 heavy (non-hydrogen) atoms. The normalized spacial score (nSPS) is 21.7. The second-order valence-corrected chi connectivity index (χ2v) is 14.1. The largest absolute Gasteiger partial charge is 0.454 e. The van der Waals surface area contributed by atoms with Crippen LogP contribution in [0, 0.1) is 11.6 Å². The SMILES string of the molecule is CCC1(OC(=O)CCN2CCCCC2)C(=O)Cc2c1cc1n(c2=O)Cc2c-1nc1c3c(F)c(F)c(c1c2CCCN1CCCCC1)OCO3. The third kappa shape index (κ3) is 5.33. The van der Waals surface area contributed by atoms with Gasteiger partial charge < -0.3 is 28.6 Å². The number of piperidine rings is 2. The molecule has 1 aromatic carbocycles. The Hall–Kier alpha value is -3.90. The fourth-order valence-corrected chi connectivity index (χ4v) is 8.66. The summed E-state index contributed by atoms with van der Waals surface area (Å²) in [5.41, 5.74) is 1.31. The number of likely N-dealkylation sites (tertiary alicyclic amines) is 2. The maximum Gasteiger partial charge on any atom is 0.308 e. The van der Waals surface area contributed by atoms with Crippen molar-refractivity contribution in [3.8, 4) is 22.9 Å². The van der Waals surface area contributed by atoms with Crippen LogP contribution in [0.2, 0.25) is 0 Å². The lowest BCUT2D eigenvalue weighted by Gasteiger charge is -2.29. The summed E-state index contributed by atoms with van der Waals surface area (Å²) in [5, 5.41) is 0.373. The Bertz CT molecular complexity index is 1920. The Labute approximate surface area is 283 Å². The zero-order valence-electron chi connectivity index (χ0n) is 28.0. The van der Waals surface area contributed by atoms with Crippen LogP contribution in [0.5, 0.6) is 11.5 Å². The van der Waals surface area contributed by atoms with E-state index in [-0.39, 0.29) is 61.0 Å². The van der Waals surface area contributed by atoms with E-state index in [1.807, 2.05) is 0 Å². The van der Waals surface area contributed by atoms with E-state index in [1.54, 1.807) is 17.6 Å². The molecule has 260 valence electrons. The van der Waals surface area contributed by atoms with E-state index >= 15 is 8.78 Å². The van der Waals surface area contributed by atoms with Crippen LogP contribution < -0.4 is 15.0 Å². The molecule has 0 saturated carbocycles. The summed E-state index contributed by atoms with van der Waals surface area (Å²) < 4.78 is 49.4. The summed E-state index contributed by atoms with van der Waals surface area (Å²) in [6, 6.07) is 1.75. The molecular weight excluding hydrogens is 634 g/mol. The van der Waals surface area contributed by atoms with Gasteiger partial charge in [-0.05, 0) is 89.3 Å². The molecule has 5 aliphatic heterocycles. The molecule has 9 rings (SSSR count). The molecule has 2 aromatic heterocycles. The van der Waals surface area contributed by atoms with Gasteiger partial charge in [0, 0.05) is 29.7 Å². The highest BCUT2D eigenvalue weighted by Crippen LogP contribution is 2.48. The number of ketones is 1. The summed E-state index contributed by atoms with van der Waals surface area (Å²) in [5.74, 6) is -3.61. The average Bonchev–Trinajstić information content (AvgIpc) is 3.48. The molecule has 12 heteroatoms. The minimum atomic E-state index is -1.58. The Morgan fingerprint density at radius 2 is 1.61 bits per heavy atom. The molecular formula is C37H42F2N4O6. The molecule has 7 heterocycles. The topological polar surface area (TPSA) is 103 Å². The molecule has 6 aliphatic rings. The smallest absolute Gasteiger partial charge is 0.308 e. The Kier molecular flexibility index (Phi) is 8.42. The lowest BCUT2D eigenvalue weighted by atomic mass is 9.91. The van der Waals surface area contributed by atoms with Gasteiger partial charge >= 0.3 is 5.97 Å². The number of rotatable bonds is 9. The van der Waals surface area contributed by atoms with Crippen molar-refractivity contribution in [3.63, 3.8) is 0 Å². The highest BCUT2D eigenvalue weighted by Gasteiger charge is 2.51. The van der Waals surface area contributed by atoms with Gasteiger partial charge in [-0.25, -0.2) is 4.98 Å². The van der Waals surface area contributed by atoms with Crippen LogP contribution in [0.4, 0.5) is 8.78 Å². The van der Waals surface area contributed by atoms with Crippen molar-refractivity contribution in [2.75, 3.05) is 46.1 Å². The molecule has 1 unspecified atom stereocenters. The van der Waals surface area contributed by atoms with Crippen LogP contribution in [-0.4, -0.2) is 77.2 Å². The van der Waals surface area contributed by atoms with Gasteiger partial charge in [0.15, 0.2) is 22.9 Å². The number of nitrogens with zero attached hydrogens (tertiary/aromatic N) is 4. The van der Waals surface area contributed by atoms with E-state index in [1.165, 1.54) is 12.8 Å². The number of ether oxygens (including phenoxy) is 3. The molecule has 2 saturated heterocycles. The first-order chi connectivity index (χ1) is 23.8. The highest BCUT2D eigenvalue weighted by atomic mass is 19.2. The molecule has 1 aliphatic carbocycles. The Morgan fingerprint density at radius 1 is 0.939 bits per heavy atom. The molecule has 0 N–H and O–H groups in total. The van der Waals surface area contributed by atoms with E-state index < -0.39 is 23.2 Å². The van der Waals surface area contributed by atoms with Crippen LogP contribution in [0.3, 0.4) is 0 Å². The van der Waals surface area contributed by atoms with Crippen molar-refractivity contribution < 1.29 is 32.6 Å². The minimum Gasteiger partial charge on any atom is -0.454 e. The van der Waals surface area contributed by atoms with Crippen molar-refractivity contribution in [2.24, 2.45) is 0 Å². The number of carbonyl (C=O) groups is 2. The highest BCUT2D eigenvalue weighted by molar-refractivity contribution is 5.99. The standard InChI is InChI=1S/C37H42F2N4O6/c1-2-37(49-28(45)11-17-42-14-7-4-8-15-42)25-19-26-32-24(20-43(26)36(46)23(25)18-27(37)44)22(10-9-16-41-12-5-3-6-13-41)29-33(40-32)35-31(39)30(38)34(29)47-21-48-35/h19H,2-18,20-21H2,1H3. The number of aromatic nitrogens is 2. The van der Waals surface area contributed by atoms with Crippen molar-refractivity contribution in [1.82, 2.24) is 19.4 Å². The molecule has 10 nitrogen and oxygen atoms in total. The van der Waals surface area contributed by atoms with Crippen LogP contribution in [0.15, 0.2) is 10.9 Å². The van der Waals surface area contributed by atoms with Crippen molar-refractivity contribution >= 4 is 22.7 Å². The maximum absolute atomic E-state index is 15.3. The van der Waals surface area contributed by atoms with Crippen molar-refractivity contribution in [2.45, 2.75) is 89.7 Å². The fraction of sp³-hybridized carbons (Fsp3) is 0.568. The van der Waals surface area contributed by atoms with Gasteiger partial charge in [0.2, 0.25) is 18.4 Å². The van der Waals surface area contributed by atoms with E-state index in [4.69, 9.17) is 19.2 Å². The second-order valence-electron chi connectivity index (χ2n) is 14.1. The average molecular weight is 677 g/mol. The van der Waals surface area contributed by atoms with Gasteiger partial charge in [0.1, 0.15) is 5.52 Å². The number of carbonyl (C=O) groups excluding carboxylic acids is 2. The van der Waals surface area contributed by atoms with Crippen LogP contribution in [0.1, 0.15) is 87.0 Å². The van der Waals surface area contributed by atoms with E-state index in [0.29, 0.717) is 40.9 Å². The molecule has 3 aromatic rings. The van der Waals surface area contributed by atoms with E-state index in [0.717, 1.165) is 76.0 Å². The van der Waals surface area contributed by atoms with Gasteiger partial charge in [-0.15, -0.1) is 0 Å². The number of halogens is 2. The maximum atomic E-state index is 15.3. The summed E-state index contributed by atoms with van der Waals surface area (Å²) in [4.78, 5) is 50.6. The first-order valence-corrected chi connectivity index (χ1v) is 17.9. The lowest BCUT2D eigenvalue weighted by molar-refractivity contribution is -0.168. The third-order valence-electron chi connectivity index (χ3n) is 11.3. The van der Waals surface area contributed by atoms with Gasteiger partial charge in [-0.3, -0.25) is 14.4 Å². The predicted octanol–water partition coefficient (Wildman–Crippen LogP) is 5.00. The van der Waals surface area contributed by atoms with Crippen molar-refractivity contribution in [3.05, 3.63) is 50.3 Å². The van der Waals surface area contributed by atoms with Crippen molar-refractivity contribution in [1.29, 1.82) is 0 Å². The molecule has 1 atom stereocenters. The molecule has 0 spiro atoms. The summed E-state index contributed by atoms with van der Waals surface area (Å²) in [6.07, 6.45) is 8.44. The first-order valence-electron chi connectivity index (χ1n) is 17.9. The third-order valence-corrected chi connectivity index (χ3v) is 11.3. The first kappa shape index (κ1) is 32.3. The fourth-order valence-electron chi connectivity index (χ4n) is 8.66. The molecule has 0 amide bonds. The monoisotopic (exact) mass is 676 g/mol. The number of aryl methyl sites for hydroxylation is 1. The number of hydrogen-bond donors (Lipinski definition) is 0. The summed E-state index contributed by atoms with van der Waals surface area (Å²) in [7, 11) is 0. The molecule has 0 radical (unpaired) electrons. The lowest BCUT2D eigenvalue weighted by Crippen LogP contribution is -2.38. The molecule has 2 fully saturated rings. The van der Waals surface area contributed by atoms with E-state index in [9.17, 15) is 14.4 Å². The summed E-state index contributed by atoms with van der Waals surface area (Å²) in [6.45, 7) is 6.96. The Balaban J connectivity index is 1.20. The zero-order chi connectivity index (χ0) is 33.9. The second kappa shape index (κ2) is 12.8. The molecule has 2 bridgehead atoms. The van der Waals surface area contributed by atoms with E-state index in [2.05, 4.69) is 9.80 Å². The number of hydrogen-bond acceptors (Lipinski definition) is 9. The number of esters is 1. The van der Waals surface area contributed by atoms with Gasteiger partial charge in [0.25, 0.3) is 5.56 Å². The van der Waals surface area contributed by atoms with Gasteiger partial charge in [-0.1, -0.05) is 19.8 Å². The van der Waals surface area contributed by atoms with Crippen LogP contribution >= 0.6 is 0 Å². The predicted molar refractivity (Wildman–Crippen MR) is 177 cm³/mol. The number of fused-ring (bicyclic) bond motifs is 7. The zero-order valence-corrected chi connectivity index (χ0v) is 28.0. The van der Waals surface area contributed by atoms with Gasteiger partial charge in [-0.2, -0.15) is 8.78 Å². The summed E-state index contributed by atoms with van der Waals surface area (Å²) >= 11 is 0. The number of pyridine rings is 2. The number of Topliss-reactive ketones (excluding diaryl/α,β-unsaturated/α-hetero) is 1. The van der Waals surface area contributed by atoms with Crippen LogP contribution in [0.25, 0.3) is 22.3 Å². The minimum absolute atomic E-state index is 0.136. The van der Waals surface area contributed by atoms with Gasteiger partial charge in [0.05, 0.1) is 29.7 Å².